The van der Waals surface area contributed by atoms with Gasteiger partial charge in [0.1, 0.15) is 17.8 Å². The highest BCUT2D eigenvalue weighted by Gasteiger charge is 2.30. The standard InChI is InChI=1S/C22H26N2O5/c1-3-14(2)19(24-20(26)16-7-5-4-6-8-16)21(27)23-18(22(28)29)13-15-9-11-17(25)12-10-15/h4-12,14,18-19,25H,3,13H2,1-2H3,(H,23,27)(H,24,26)(H,28,29)/t14-,18-,19-/m0/s1. The van der Waals surface area contributed by atoms with E-state index in [-0.39, 0.29) is 18.1 Å². The molecule has 0 radical (unpaired) electrons. The van der Waals surface area contributed by atoms with Gasteiger partial charge in [0.15, 0.2) is 0 Å². The van der Waals surface area contributed by atoms with Crippen LogP contribution in [0.4, 0.5) is 0 Å². The van der Waals surface area contributed by atoms with Crippen molar-refractivity contribution in [1.29, 1.82) is 0 Å². The Hall–Kier alpha value is -3.35. The van der Waals surface area contributed by atoms with Crippen molar-refractivity contribution < 1.29 is 24.6 Å². The molecule has 2 aromatic carbocycles. The maximum Gasteiger partial charge on any atom is 0.326 e. The maximum absolute atomic E-state index is 12.8. The fourth-order valence-corrected chi connectivity index (χ4v) is 2.85. The highest BCUT2D eigenvalue weighted by molar-refractivity contribution is 5.98. The molecule has 4 N–H and O–H groups in total. The lowest BCUT2D eigenvalue weighted by atomic mass is 9.97. The van der Waals surface area contributed by atoms with Crippen molar-refractivity contribution in [2.45, 2.75) is 38.8 Å². The number of phenolic OH excluding ortho intramolecular Hbond substituents is 1. The fraction of sp³-hybridized carbons (Fsp3) is 0.318. The Labute approximate surface area is 169 Å². The van der Waals surface area contributed by atoms with E-state index in [4.69, 9.17) is 0 Å². The van der Waals surface area contributed by atoms with Crippen molar-refractivity contribution in [3.63, 3.8) is 0 Å². The Kier molecular flexibility index (Phi) is 7.77. The Morgan fingerprint density at radius 1 is 0.966 bits per heavy atom. The van der Waals surface area contributed by atoms with Gasteiger partial charge in [-0.2, -0.15) is 0 Å². The number of carbonyl (C=O) groups is 3. The van der Waals surface area contributed by atoms with Crippen molar-refractivity contribution in [3.05, 3.63) is 65.7 Å². The molecule has 0 unspecified atom stereocenters. The molecule has 0 heterocycles. The van der Waals surface area contributed by atoms with Gasteiger partial charge in [-0.15, -0.1) is 0 Å². The van der Waals surface area contributed by atoms with Crippen LogP contribution in [-0.4, -0.2) is 40.1 Å². The third kappa shape index (κ3) is 6.34. The number of aliphatic carboxylic acids is 1. The van der Waals surface area contributed by atoms with Gasteiger partial charge < -0.3 is 20.8 Å². The Bertz CT molecular complexity index is 836. The van der Waals surface area contributed by atoms with Crippen LogP contribution in [0.1, 0.15) is 36.2 Å². The summed E-state index contributed by atoms with van der Waals surface area (Å²) in [4.78, 5) is 37.0. The molecular formula is C22H26N2O5. The minimum atomic E-state index is -1.18. The van der Waals surface area contributed by atoms with Gasteiger partial charge in [-0.05, 0) is 35.7 Å². The van der Waals surface area contributed by atoms with E-state index in [9.17, 15) is 24.6 Å². The molecule has 0 aliphatic heterocycles. The predicted octanol–water partition coefficient (Wildman–Crippen LogP) is 2.35. The average molecular weight is 398 g/mol. The van der Waals surface area contributed by atoms with Crippen molar-refractivity contribution in [2.24, 2.45) is 5.92 Å². The lowest BCUT2D eigenvalue weighted by molar-refractivity contribution is -0.142. The topological polar surface area (TPSA) is 116 Å². The van der Waals surface area contributed by atoms with Crippen LogP contribution < -0.4 is 10.6 Å². The molecule has 0 saturated carbocycles. The van der Waals surface area contributed by atoms with Gasteiger partial charge in [-0.25, -0.2) is 4.79 Å². The van der Waals surface area contributed by atoms with Crippen LogP contribution in [-0.2, 0) is 16.0 Å². The first kappa shape index (κ1) is 21.9. The largest absolute Gasteiger partial charge is 0.508 e. The van der Waals surface area contributed by atoms with Crippen LogP contribution in [0.25, 0.3) is 0 Å². The van der Waals surface area contributed by atoms with Crippen LogP contribution in [0, 0.1) is 5.92 Å². The van der Waals surface area contributed by atoms with Gasteiger partial charge in [0.25, 0.3) is 5.91 Å². The summed E-state index contributed by atoms with van der Waals surface area (Å²) in [5.41, 5.74) is 1.08. The smallest absolute Gasteiger partial charge is 0.326 e. The molecule has 29 heavy (non-hydrogen) atoms. The summed E-state index contributed by atoms with van der Waals surface area (Å²) in [7, 11) is 0. The number of amides is 2. The van der Waals surface area contributed by atoms with E-state index in [0.717, 1.165) is 0 Å². The zero-order valence-corrected chi connectivity index (χ0v) is 16.5. The van der Waals surface area contributed by atoms with E-state index >= 15 is 0 Å². The van der Waals surface area contributed by atoms with E-state index in [1.807, 2.05) is 13.8 Å². The Balaban J connectivity index is 2.12. The third-order valence-electron chi connectivity index (χ3n) is 4.81. The monoisotopic (exact) mass is 398 g/mol. The minimum absolute atomic E-state index is 0.0568. The van der Waals surface area contributed by atoms with Crippen LogP contribution in [0.2, 0.25) is 0 Å². The number of nitrogens with one attached hydrogen (secondary N) is 2. The van der Waals surface area contributed by atoms with Crippen LogP contribution in [0.15, 0.2) is 54.6 Å². The number of rotatable bonds is 9. The normalized spacial score (nSPS) is 13.7. The molecule has 0 bridgehead atoms. The van der Waals surface area contributed by atoms with E-state index in [1.54, 1.807) is 42.5 Å². The number of aromatic hydroxyl groups is 1. The number of carbonyl (C=O) groups excluding carboxylic acids is 2. The SMILES string of the molecule is CC[C@H](C)[C@H](NC(=O)c1ccccc1)C(=O)N[C@@H](Cc1ccc(O)cc1)C(=O)O. The van der Waals surface area contributed by atoms with Crippen LogP contribution >= 0.6 is 0 Å². The third-order valence-corrected chi connectivity index (χ3v) is 4.81. The number of benzene rings is 2. The molecule has 3 atom stereocenters. The molecule has 2 amide bonds. The summed E-state index contributed by atoms with van der Waals surface area (Å²) in [5, 5.41) is 24.1. The first-order valence-electron chi connectivity index (χ1n) is 9.48. The molecule has 7 nitrogen and oxygen atoms in total. The van der Waals surface area contributed by atoms with E-state index < -0.39 is 29.9 Å². The highest BCUT2D eigenvalue weighted by Crippen LogP contribution is 2.13. The lowest BCUT2D eigenvalue weighted by Crippen LogP contribution is -2.54. The molecule has 0 aliphatic carbocycles. The first-order chi connectivity index (χ1) is 13.8. The van der Waals surface area contributed by atoms with E-state index in [2.05, 4.69) is 10.6 Å². The van der Waals surface area contributed by atoms with Gasteiger partial charge in [0.2, 0.25) is 5.91 Å². The van der Waals surface area contributed by atoms with Gasteiger partial charge >= 0.3 is 5.97 Å². The number of carboxylic acids is 1. The average Bonchev–Trinajstić information content (AvgIpc) is 2.72. The molecule has 0 fully saturated rings. The van der Waals surface area contributed by atoms with Gasteiger partial charge in [0, 0.05) is 12.0 Å². The second kappa shape index (κ2) is 10.3. The minimum Gasteiger partial charge on any atom is -0.508 e. The molecular weight excluding hydrogens is 372 g/mol. The second-order valence-electron chi connectivity index (χ2n) is 6.97. The van der Waals surface area contributed by atoms with Crippen molar-refractivity contribution in [1.82, 2.24) is 10.6 Å². The number of carboxylic acid groups (broad SMARTS) is 1. The number of phenols is 1. The summed E-state index contributed by atoms with van der Waals surface area (Å²) >= 11 is 0. The van der Waals surface area contributed by atoms with Crippen LogP contribution in [0.3, 0.4) is 0 Å². The Morgan fingerprint density at radius 3 is 2.14 bits per heavy atom. The summed E-state index contributed by atoms with van der Waals surface area (Å²) in [6.45, 7) is 3.72. The lowest BCUT2D eigenvalue weighted by Gasteiger charge is -2.25. The molecule has 2 aromatic rings. The van der Waals surface area contributed by atoms with E-state index in [1.165, 1.54) is 12.1 Å². The maximum atomic E-state index is 12.8. The molecule has 0 aliphatic rings. The summed E-state index contributed by atoms with van der Waals surface area (Å²) in [6.07, 6.45) is 0.685. The summed E-state index contributed by atoms with van der Waals surface area (Å²) in [6, 6.07) is 12.6. The zero-order chi connectivity index (χ0) is 21.4. The van der Waals surface area contributed by atoms with Gasteiger partial charge in [0.05, 0.1) is 0 Å². The molecule has 0 spiro atoms. The molecule has 154 valence electrons. The molecule has 0 aromatic heterocycles. The van der Waals surface area contributed by atoms with Crippen LogP contribution in [0.5, 0.6) is 5.75 Å². The zero-order valence-electron chi connectivity index (χ0n) is 16.5. The van der Waals surface area contributed by atoms with Crippen molar-refractivity contribution in [3.8, 4) is 5.75 Å². The molecule has 2 rings (SSSR count). The Morgan fingerprint density at radius 2 is 1.59 bits per heavy atom. The first-order valence-corrected chi connectivity index (χ1v) is 9.48. The summed E-state index contributed by atoms with van der Waals surface area (Å²) in [5.74, 6) is -2.23. The van der Waals surface area contributed by atoms with Crippen molar-refractivity contribution >= 4 is 17.8 Å². The molecule has 7 heteroatoms. The highest BCUT2D eigenvalue weighted by atomic mass is 16.4. The quantitative estimate of drug-likeness (QED) is 0.517. The van der Waals surface area contributed by atoms with Crippen molar-refractivity contribution in [2.75, 3.05) is 0 Å². The van der Waals surface area contributed by atoms with Gasteiger partial charge in [-0.3, -0.25) is 9.59 Å². The van der Waals surface area contributed by atoms with Gasteiger partial charge in [-0.1, -0.05) is 50.6 Å². The number of hydrogen-bond acceptors (Lipinski definition) is 4. The second-order valence-corrected chi connectivity index (χ2v) is 6.97. The van der Waals surface area contributed by atoms with E-state index in [0.29, 0.717) is 17.5 Å². The number of hydrogen-bond donors (Lipinski definition) is 4. The fourth-order valence-electron chi connectivity index (χ4n) is 2.85. The molecule has 0 saturated heterocycles. The summed E-state index contributed by atoms with van der Waals surface area (Å²) < 4.78 is 0. The predicted molar refractivity (Wildman–Crippen MR) is 109 cm³/mol.